The molecule has 120 valence electrons. The minimum absolute atomic E-state index is 0.0412. The number of nitrogens with one attached hydrogen (secondary N) is 2. The summed E-state index contributed by atoms with van der Waals surface area (Å²) in [4.78, 5) is 11.9. The van der Waals surface area contributed by atoms with Crippen LogP contribution in [0.1, 0.15) is 48.8 Å². The maximum Gasteiger partial charge on any atom is 0.248 e. The van der Waals surface area contributed by atoms with Gasteiger partial charge in [-0.25, -0.2) is 0 Å². The molecule has 0 unspecified atom stereocenters. The molecule has 0 bridgehead atoms. The van der Waals surface area contributed by atoms with Crippen LogP contribution in [0.15, 0.2) is 30.0 Å². The van der Waals surface area contributed by atoms with E-state index in [0.717, 1.165) is 24.3 Å². The van der Waals surface area contributed by atoms with Crippen LogP contribution in [0.25, 0.3) is 0 Å². The lowest BCUT2D eigenvalue weighted by molar-refractivity contribution is -0.119. The predicted molar refractivity (Wildman–Crippen MR) is 94.5 cm³/mol. The van der Waals surface area contributed by atoms with E-state index in [-0.39, 0.29) is 5.91 Å². The molecule has 2 N–H and O–H groups in total. The number of aryl methyl sites for hydroxylation is 2. The number of thioether (sulfide) groups is 1. The fourth-order valence-corrected chi connectivity index (χ4v) is 3.49. The van der Waals surface area contributed by atoms with E-state index in [0.29, 0.717) is 5.75 Å². The van der Waals surface area contributed by atoms with Crippen molar-refractivity contribution in [1.82, 2.24) is 10.9 Å². The Morgan fingerprint density at radius 3 is 2.68 bits per heavy atom. The monoisotopic (exact) mass is 318 g/mol. The Morgan fingerprint density at radius 2 is 1.91 bits per heavy atom. The van der Waals surface area contributed by atoms with Gasteiger partial charge in [0.25, 0.3) is 0 Å². The average molecular weight is 318 g/mol. The normalized spacial score (nSPS) is 14.9. The Morgan fingerprint density at radius 1 is 1.14 bits per heavy atom. The summed E-state index contributed by atoms with van der Waals surface area (Å²) < 4.78 is 0. The van der Waals surface area contributed by atoms with Crippen molar-refractivity contribution in [3.63, 3.8) is 0 Å². The molecule has 0 aromatic heterocycles. The maximum absolute atomic E-state index is 11.9. The molecule has 1 aromatic carbocycles. The Bertz CT molecular complexity index is 520. The van der Waals surface area contributed by atoms with E-state index in [1.165, 1.54) is 36.0 Å². The molecule has 2 rings (SSSR count). The molecule has 3 nitrogen and oxygen atoms in total. The van der Waals surface area contributed by atoms with Crippen molar-refractivity contribution in [2.45, 2.75) is 51.7 Å². The first-order chi connectivity index (χ1) is 10.6. The van der Waals surface area contributed by atoms with E-state index in [1.54, 1.807) is 11.8 Å². The van der Waals surface area contributed by atoms with Gasteiger partial charge >= 0.3 is 0 Å². The van der Waals surface area contributed by atoms with E-state index in [9.17, 15) is 4.79 Å². The molecule has 4 heteroatoms. The van der Waals surface area contributed by atoms with Crippen LogP contribution >= 0.6 is 11.8 Å². The van der Waals surface area contributed by atoms with Crippen molar-refractivity contribution in [3.05, 3.63) is 46.7 Å². The lowest BCUT2D eigenvalue weighted by Gasteiger charge is -2.11. The molecule has 1 aliphatic carbocycles. The number of hydrogen-bond donors (Lipinski definition) is 2. The highest BCUT2D eigenvalue weighted by atomic mass is 32.2. The van der Waals surface area contributed by atoms with Gasteiger partial charge in [0.2, 0.25) is 5.91 Å². The van der Waals surface area contributed by atoms with Crippen LogP contribution in [0.5, 0.6) is 0 Å². The molecule has 0 heterocycles. The zero-order valence-corrected chi connectivity index (χ0v) is 14.4. The second-order valence-corrected chi connectivity index (χ2v) is 6.98. The van der Waals surface area contributed by atoms with Crippen LogP contribution in [0.3, 0.4) is 0 Å². The number of carbonyl (C=O) groups excluding carboxylic acids is 1. The topological polar surface area (TPSA) is 41.1 Å². The second-order valence-electron chi connectivity index (χ2n) is 5.99. The van der Waals surface area contributed by atoms with Crippen LogP contribution in [-0.4, -0.2) is 11.7 Å². The van der Waals surface area contributed by atoms with Gasteiger partial charge in [-0.2, -0.15) is 0 Å². The molecule has 0 atom stereocenters. The molecule has 0 saturated carbocycles. The predicted octanol–water partition coefficient (Wildman–Crippen LogP) is 4.01. The fraction of sp³-hybridized carbons (Fsp3) is 0.500. The van der Waals surface area contributed by atoms with E-state index >= 15 is 0 Å². The molecule has 1 amide bonds. The minimum Gasteiger partial charge on any atom is -0.303 e. The molecule has 22 heavy (non-hydrogen) atoms. The number of hydrogen-bond acceptors (Lipinski definition) is 3. The van der Waals surface area contributed by atoms with E-state index in [2.05, 4.69) is 49.0 Å². The first-order valence-corrected chi connectivity index (χ1v) is 9.18. The van der Waals surface area contributed by atoms with Gasteiger partial charge in [0.15, 0.2) is 0 Å². The number of carbonyl (C=O) groups is 1. The van der Waals surface area contributed by atoms with Crippen molar-refractivity contribution >= 4 is 17.7 Å². The zero-order chi connectivity index (χ0) is 15.8. The summed E-state index contributed by atoms with van der Waals surface area (Å²) in [6, 6.07) is 6.55. The number of hydrazine groups is 1. The Balaban J connectivity index is 1.68. The first-order valence-electron chi connectivity index (χ1n) is 8.02. The van der Waals surface area contributed by atoms with Crippen LogP contribution < -0.4 is 10.9 Å². The highest BCUT2D eigenvalue weighted by Gasteiger charge is 2.05. The Hall–Kier alpha value is -1.42. The van der Waals surface area contributed by atoms with Crippen LogP contribution in [0.2, 0.25) is 0 Å². The standard InChI is InChI=1S/C18H26N2OS/c1-14-9-15(2)11-16(10-14)12-22-13-18(21)20-19-17-7-5-3-4-6-8-17/h7,9-11,19H,3-6,8,12-13H2,1-2H3,(H,20,21). The zero-order valence-electron chi connectivity index (χ0n) is 13.6. The van der Waals surface area contributed by atoms with Gasteiger partial charge in [0, 0.05) is 11.4 Å². The molecule has 0 aliphatic heterocycles. The average Bonchev–Trinajstić information content (AvgIpc) is 2.73. The van der Waals surface area contributed by atoms with Crippen LogP contribution in [-0.2, 0) is 10.5 Å². The third-order valence-corrected chi connectivity index (χ3v) is 4.69. The van der Waals surface area contributed by atoms with Crippen molar-refractivity contribution in [1.29, 1.82) is 0 Å². The summed E-state index contributed by atoms with van der Waals surface area (Å²) in [5, 5.41) is 0. The summed E-state index contributed by atoms with van der Waals surface area (Å²) in [5.74, 6) is 1.39. The Labute approximate surface area is 137 Å². The van der Waals surface area contributed by atoms with Crippen LogP contribution in [0.4, 0.5) is 0 Å². The first kappa shape index (κ1) is 16.9. The van der Waals surface area contributed by atoms with Gasteiger partial charge in [-0.1, -0.05) is 41.8 Å². The van der Waals surface area contributed by atoms with E-state index in [1.807, 2.05) is 0 Å². The highest BCUT2D eigenvalue weighted by molar-refractivity contribution is 7.99. The summed E-state index contributed by atoms with van der Waals surface area (Å²) in [6.07, 6.45) is 8.09. The third kappa shape index (κ3) is 6.14. The highest BCUT2D eigenvalue weighted by Crippen LogP contribution is 2.16. The fourth-order valence-electron chi connectivity index (χ4n) is 2.73. The lowest BCUT2D eigenvalue weighted by atomic mass is 10.1. The van der Waals surface area contributed by atoms with Gasteiger partial charge in [-0.15, -0.1) is 11.8 Å². The maximum atomic E-state index is 11.9. The number of rotatable bonds is 6. The second kappa shape index (κ2) is 8.89. The van der Waals surface area contributed by atoms with Crippen molar-refractivity contribution in [2.75, 3.05) is 5.75 Å². The van der Waals surface area contributed by atoms with Gasteiger partial charge in [0.05, 0.1) is 5.75 Å². The van der Waals surface area contributed by atoms with Gasteiger partial charge in [-0.3, -0.25) is 10.2 Å². The molecular weight excluding hydrogens is 292 g/mol. The van der Waals surface area contributed by atoms with Gasteiger partial charge < -0.3 is 5.43 Å². The van der Waals surface area contributed by atoms with Gasteiger partial charge in [0.1, 0.15) is 0 Å². The molecule has 1 aromatic rings. The van der Waals surface area contributed by atoms with E-state index < -0.39 is 0 Å². The lowest BCUT2D eigenvalue weighted by Crippen LogP contribution is -2.37. The van der Waals surface area contributed by atoms with Crippen molar-refractivity contribution < 1.29 is 4.79 Å². The van der Waals surface area contributed by atoms with Crippen molar-refractivity contribution in [2.24, 2.45) is 0 Å². The van der Waals surface area contributed by atoms with E-state index in [4.69, 9.17) is 0 Å². The third-order valence-electron chi connectivity index (χ3n) is 3.69. The SMILES string of the molecule is Cc1cc(C)cc(CSCC(=O)NNC2=CCCCCC2)c1. The number of benzene rings is 1. The van der Waals surface area contributed by atoms with Gasteiger partial charge in [-0.05, 0) is 45.1 Å². The molecule has 0 spiro atoms. The number of amides is 1. The summed E-state index contributed by atoms with van der Waals surface area (Å²) in [5.41, 5.74) is 10.9. The molecule has 0 fully saturated rings. The Kier molecular flexibility index (Phi) is 6.84. The largest absolute Gasteiger partial charge is 0.303 e. The molecule has 0 saturated heterocycles. The summed E-state index contributed by atoms with van der Waals surface area (Å²) >= 11 is 1.65. The smallest absolute Gasteiger partial charge is 0.248 e. The molecular formula is C18H26N2OS. The molecule has 0 radical (unpaired) electrons. The number of allylic oxidation sites excluding steroid dienone is 2. The van der Waals surface area contributed by atoms with Crippen molar-refractivity contribution in [3.8, 4) is 0 Å². The quantitative estimate of drug-likeness (QED) is 0.779. The van der Waals surface area contributed by atoms with Crippen LogP contribution in [0, 0.1) is 13.8 Å². The minimum atomic E-state index is 0.0412. The molecule has 1 aliphatic rings. The summed E-state index contributed by atoms with van der Waals surface area (Å²) in [6.45, 7) is 4.22. The summed E-state index contributed by atoms with van der Waals surface area (Å²) in [7, 11) is 0.